The number of para-hydroxylation sites is 2. The van der Waals surface area contributed by atoms with Gasteiger partial charge >= 0.3 is 6.61 Å². The number of hydrogen-bond acceptors (Lipinski definition) is 3. The number of alkyl halides is 2. The molecule has 0 spiro atoms. The van der Waals surface area contributed by atoms with Crippen molar-refractivity contribution in [3.8, 4) is 5.75 Å². The van der Waals surface area contributed by atoms with Gasteiger partial charge in [-0.2, -0.15) is 8.78 Å². The Hall–Kier alpha value is -3.15. The van der Waals surface area contributed by atoms with Gasteiger partial charge in [-0.05, 0) is 35.9 Å². The standard InChI is InChI=1S/C18H14F2N2O2/c19-18(20)24-14-9-6-12(7-10-14)5-8-13-11-17(23)22-16-4-2-1-3-15(16)21-13/h1-11,18,21H,(H,22,23). The molecule has 6 heteroatoms. The van der Waals surface area contributed by atoms with Crippen molar-refractivity contribution >= 4 is 23.4 Å². The minimum atomic E-state index is -2.84. The summed E-state index contributed by atoms with van der Waals surface area (Å²) >= 11 is 0. The molecule has 1 aliphatic rings. The lowest BCUT2D eigenvalue weighted by atomic mass is 10.2. The van der Waals surface area contributed by atoms with E-state index in [1.807, 2.05) is 24.3 Å². The molecule has 122 valence electrons. The summed E-state index contributed by atoms with van der Waals surface area (Å²) in [6.07, 6.45) is 4.96. The fourth-order valence-corrected chi connectivity index (χ4v) is 2.24. The normalized spacial score (nSPS) is 13.8. The molecule has 1 heterocycles. The number of amides is 1. The highest BCUT2D eigenvalue weighted by Crippen LogP contribution is 2.25. The number of nitrogens with one attached hydrogen (secondary N) is 2. The third kappa shape index (κ3) is 3.98. The van der Waals surface area contributed by atoms with Gasteiger partial charge in [0, 0.05) is 11.8 Å². The topological polar surface area (TPSA) is 50.4 Å². The summed E-state index contributed by atoms with van der Waals surface area (Å²) in [5.41, 5.74) is 2.90. The van der Waals surface area contributed by atoms with E-state index in [0.29, 0.717) is 11.4 Å². The molecular formula is C18H14F2N2O2. The van der Waals surface area contributed by atoms with Crippen LogP contribution in [0.2, 0.25) is 0 Å². The number of carbonyl (C=O) groups is 1. The van der Waals surface area contributed by atoms with Crippen molar-refractivity contribution in [3.05, 3.63) is 71.9 Å². The maximum Gasteiger partial charge on any atom is 0.387 e. The highest BCUT2D eigenvalue weighted by Gasteiger charge is 2.10. The Morgan fingerprint density at radius 2 is 1.58 bits per heavy atom. The van der Waals surface area contributed by atoms with Gasteiger partial charge in [-0.25, -0.2) is 0 Å². The molecule has 2 aromatic rings. The molecule has 2 N–H and O–H groups in total. The molecule has 0 fully saturated rings. The van der Waals surface area contributed by atoms with Gasteiger partial charge in [-0.3, -0.25) is 4.79 Å². The third-order valence-corrected chi connectivity index (χ3v) is 3.31. The minimum Gasteiger partial charge on any atom is -0.435 e. The zero-order valence-electron chi connectivity index (χ0n) is 12.5. The summed E-state index contributed by atoms with van der Waals surface area (Å²) in [6.45, 7) is -2.84. The van der Waals surface area contributed by atoms with Gasteiger partial charge in [-0.15, -0.1) is 0 Å². The molecule has 0 atom stereocenters. The van der Waals surface area contributed by atoms with Crippen LogP contribution in [-0.4, -0.2) is 12.5 Å². The highest BCUT2D eigenvalue weighted by atomic mass is 19.3. The smallest absolute Gasteiger partial charge is 0.387 e. The van der Waals surface area contributed by atoms with Crippen LogP contribution in [0.15, 0.2) is 66.4 Å². The van der Waals surface area contributed by atoms with Crippen LogP contribution in [0, 0.1) is 0 Å². The molecular weight excluding hydrogens is 314 g/mol. The van der Waals surface area contributed by atoms with E-state index >= 15 is 0 Å². The van der Waals surface area contributed by atoms with E-state index in [0.717, 1.165) is 11.3 Å². The molecule has 0 radical (unpaired) electrons. The van der Waals surface area contributed by atoms with Crippen LogP contribution < -0.4 is 15.4 Å². The van der Waals surface area contributed by atoms with Gasteiger partial charge in [0.2, 0.25) is 0 Å². The first-order chi connectivity index (χ1) is 11.6. The second-order valence-electron chi connectivity index (χ2n) is 5.04. The quantitative estimate of drug-likeness (QED) is 0.882. The molecule has 24 heavy (non-hydrogen) atoms. The number of hydrogen-bond donors (Lipinski definition) is 2. The third-order valence-electron chi connectivity index (χ3n) is 3.31. The van der Waals surface area contributed by atoms with E-state index in [4.69, 9.17) is 0 Å². The van der Waals surface area contributed by atoms with Crippen molar-refractivity contribution < 1.29 is 18.3 Å². The Morgan fingerprint density at radius 1 is 0.917 bits per heavy atom. The fraction of sp³-hybridized carbons (Fsp3) is 0.0556. The molecule has 2 aromatic carbocycles. The average Bonchev–Trinajstić information content (AvgIpc) is 2.71. The summed E-state index contributed by atoms with van der Waals surface area (Å²) in [6, 6.07) is 13.6. The predicted octanol–water partition coefficient (Wildman–Crippen LogP) is 4.25. The summed E-state index contributed by atoms with van der Waals surface area (Å²) < 4.78 is 28.5. The van der Waals surface area contributed by atoms with Crippen molar-refractivity contribution in [2.45, 2.75) is 6.61 Å². The van der Waals surface area contributed by atoms with E-state index in [1.54, 1.807) is 24.3 Å². The Bertz CT molecular complexity index is 799. The van der Waals surface area contributed by atoms with Crippen LogP contribution in [-0.2, 0) is 4.79 Å². The Morgan fingerprint density at radius 3 is 2.25 bits per heavy atom. The van der Waals surface area contributed by atoms with Gasteiger partial charge in [0.25, 0.3) is 5.91 Å². The van der Waals surface area contributed by atoms with Crippen LogP contribution in [0.4, 0.5) is 20.2 Å². The van der Waals surface area contributed by atoms with Crippen molar-refractivity contribution in [2.24, 2.45) is 0 Å². The van der Waals surface area contributed by atoms with E-state index in [9.17, 15) is 13.6 Å². The van der Waals surface area contributed by atoms with E-state index in [1.165, 1.54) is 18.2 Å². The molecule has 0 saturated carbocycles. The fourth-order valence-electron chi connectivity index (χ4n) is 2.24. The van der Waals surface area contributed by atoms with Gasteiger partial charge in [0.1, 0.15) is 5.75 Å². The molecule has 0 unspecified atom stereocenters. The van der Waals surface area contributed by atoms with Gasteiger partial charge in [0.15, 0.2) is 0 Å². The molecule has 4 nitrogen and oxygen atoms in total. The van der Waals surface area contributed by atoms with Crippen LogP contribution >= 0.6 is 0 Å². The molecule has 3 rings (SSSR count). The van der Waals surface area contributed by atoms with Crippen LogP contribution in [0.5, 0.6) is 5.75 Å². The molecule has 0 bridgehead atoms. The number of rotatable bonds is 4. The number of halogens is 2. The van der Waals surface area contributed by atoms with Crippen LogP contribution in [0.25, 0.3) is 6.08 Å². The number of ether oxygens (including phenoxy) is 1. The van der Waals surface area contributed by atoms with Crippen molar-refractivity contribution in [3.63, 3.8) is 0 Å². The second-order valence-corrected chi connectivity index (χ2v) is 5.04. The molecule has 0 saturated heterocycles. The van der Waals surface area contributed by atoms with Gasteiger partial charge < -0.3 is 15.4 Å². The van der Waals surface area contributed by atoms with E-state index < -0.39 is 6.61 Å². The molecule has 0 aromatic heterocycles. The van der Waals surface area contributed by atoms with Crippen molar-refractivity contribution in [1.29, 1.82) is 0 Å². The first-order valence-corrected chi connectivity index (χ1v) is 7.22. The summed E-state index contributed by atoms with van der Waals surface area (Å²) in [5.74, 6) is -0.130. The van der Waals surface area contributed by atoms with Crippen molar-refractivity contribution in [1.82, 2.24) is 0 Å². The number of allylic oxidation sites excluding steroid dienone is 1. The van der Waals surface area contributed by atoms with Gasteiger partial charge in [0.05, 0.1) is 11.4 Å². The maximum absolute atomic E-state index is 12.1. The largest absolute Gasteiger partial charge is 0.435 e. The Labute approximate surface area is 137 Å². The van der Waals surface area contributed by atoms with Crippen LogP contribution in [0.3, 0.4) is 0 Å². The number of benzene rings is 2. The van der Waals surface area contributed by atoms with Crippen LogP contribution in [0.1, 0.15) is 5.56 Å². The Balaban J connectivity index is 1.75. The molecule has 0 aliphatic carbocycles. The first-order valence-electron chi connectivity index (χ1n) is 7.22. The lowest BCUT2D eigenvalue weighted by Gasteiger charge is -2.08. The number of anilines is 2. The lowest BCUT2D eigenvalue weighted by Crippen LogP contribution is -2.06. The first kappa shape index (κ1) is 15.7. The zero-order valence-corrected chi connectivity index (χ0v) is 12.5. The molecule has 1 amide bonds. The Kier molecular flexibility index (Phi) is 4.56. The number of fused-ring (bicyclic) bond motifs is 1. The predicted molar refractivity (Wildman–Crippen MR) is 88.9 cm³/mol. The summed E-state index contributed by atoms with van der Waals surface area (Å²) in [4.78, 5) is 11.9. The monoisotopic (exact) mass is 328 g/mol. The zero-order chi connectivity index (χ0) is 16.9. The summed E-state index contributed by atoms with van der Waals surface area (Å²) in [5, 5.41) is 5.94. The minimum absolute atomic E-state index is 0.0993. The number of carbonyl (C=O) groups excluding carboxylic acids is 1. The van der Waals surface area contributed by atoms with Crippen molar-refractivity contribution in [2.75, 3.05) is 10.6 Å². The van der Waals surface area contributed by atoms with E-state index in [2.05, 4.69) is 15.4 Å². The highest BCUT2D eigenvalue weighted by molar-refractivity contribution is 6.04. The van der Waals surface area contributed by atoms with E-state index in [-0.39, 0.29) is 11.7 Å². The maximum atomic E-state index is 12.1. The average molecular weight is 328 g/mol. The summed E-state index contributed by atoms with van der Waals surface area (Å²) in [7, 11) is 0. The van der Waals surface area contributed by atoms with Gasteiger partial charge in [-0.1, -0.05) is 30.3 Å². The SMILES string of the molecule is O=C1C=C(C=Cc2ccc(OC(F)F)cc2)Nc2ccccc2N1. The lowest BCUT2D eigenvalue weighted by molar-refractivity contribution is -0.111. The molecule has 1 aliphatic heterocycles. The second kappa shape index (κ2) is 6.95.